The largest absolute Gasteiger partial charge is 0.490 e. The van der Waals surface area contributed by atoms with Crippen molar-refractivity contribution in [3.8, 4) is 16.9 Å². The van der Waals surface area contributed by atoms with Crippen LogP contribution in [-0.2, 0) is 9.59 Å². The Morgan fingerprint density at radius 3 is 2.19 bits per heavy atom. The maximum absolute atomic E-state index is 13.0. The molecule has 0 saturated carbocycles. The van der Waals surface area contributed by atoms with Gasteiger partial charge in [-0.05, 0) is 72.1 Å². The van der Waals surface area contributed by atoms with E-state index in [9.17, 15) is 24.5 Å². The molecule has 4 aromatic carbocycles. The molecule has 11 nitrogen and oxygen atoms in total. The van der Waals surface area contributed by atoms with Gasteiger partial charge in [0.1, 0.15) is 0 Å². The van der Waals surface area contributed by atoms with E-state index in [2.05, 4.69) is 21.3 Å². The molecule has 0 fully saturated rings. The molecule has 0 saturated heterocycles. The Morgan fingerprint density at radius 2 is 1.48 bits per heavy atom. The molecule has 4 N–H and O–H groups in total. The quantitative estimate of drug-likeness (QED) is 0.137. The summed E-state index contributed by atoms with van der Waals surface area (Å²) in [5, 5.41) is 23.0. The number of carbonyl (C=O) groups is 3. The van der Waals surface area contributed by atoms with Crippen molar-refractivity contribution in [1.82, 2.24) is 0 Å². The van der Waals surface area contributed by atoms with Crippen LogP contribution in [0.15, 0.2) is 84.9 Å². The number of anilines is 5. The first-order valence-corrected chi connectivity index (χ1v) is 13.1. The molecule has 0 bridgehead atoms. The van der Waals surface area contributed by atoms with Gasteiger partial charge in [-0.15, -0.1) is 0 Å². The highest BCUT2D eigenvalue weighted by atomic mass is 16.6. The number of amides is 3. The fraction of sp³-hybridized carbons (Fsp3) is 0.129. The van der Waals surface area contributed by atoms with E-state index in [1.165, 1.54) is 13.2 Å². The molecule has 0 aliphatic carbocycles. The summed E-state index contributed by atoms with van der Waals surface area (Å²) in [7, 11) is 1.37. The zero-order valence-electron chi connectivity index (χ0n) is 22.6. The third kappa shape index (κ3) is 6.36. The number of carbonyl (C=O) groups excluding carboxylic acids is 3. The molecule has 1 aliphatic rings. The lowest BCUT2D eigenvalue weighted by molar-refractivity contribution is -0.385. The SMILES string of the molecule is COc1cc(-c2ccc3c(c2)Nc2ccc(NC(=O)CCCC(=O)Nc4ccccc4)cc2NC3=O)ccc1[N+](=O)[O-]. The minimum atomic E-state index is -0.509. The van der Waals surface area contributed by atoms with Crippen LogP contribution in [-0.4, -0.2) is 29.8 Å². The van der Waals surface area contributed by atoms with Gasteiger partial charge in [0.25, 0.3) is 5.91 Å². The molecule has 0 aromatic heterocycles. The molecule has 212 valence electrons. The predicted molar refractivity (Wildman–Crippen MR) is 160 cm³/mol. The zero-order chi connectivity index (χ0) is 29.6. The first-order chi connectivity index (χ1) is 20.3. The molecule has 0 spiro atoms. The molecule has 5 rings (SSSR count). The first kappa shape index (κ1) is 27.8. The van der Waals surface area contributed by atoms with E-state index >= 15 is 0 Å². The average molecular weight is 566 g/mol. The number of hydrogen-bond acceptors (Lipinski definition) is 7. The minimum Gasteiger partial charge on any atom is -0.490 e. The van der Waals surface area contributed by atoms with Crippen LogP contribution in [0.25, 0.3) is 11.1 Å². The van der Waals surface area contributed by atoms with E-state index in [0.717, 1.165) is 5.56 Å². The molecule has 0 unspecified atom stereocenters. The molecule has 11 heteroatoms. The van der Waals surface area contributed by atoms with Gasteiger partial charge in [0.15, 0.2) is 5.75 Å². The maximum atomic E-state index is 13.0. The molecule has 1 heterocycles. The van der Waals surface area contributed by atoms with Crippen molar-refractivity contribution in [3.05, 3.63) is 101 Å². The molecular formula is C31H27N5O6. The van der Waals surface area contributed by atoms with Crippen molar-refractivity contribution in [2.24, 2.45) is 0 Å². The third-order valence-electron chi connectivity index (χ3n) is 6.66. The second-order valence-corrected chi connectivity index (χ2v) is 9.56. The van der Waals surface area contributed by atoms with Gasteiger partial charge in [-0.3, -0.25) is 24.5 Å². The van der Waals surface area contributed by atoms with E-state index in [-0.39, 0.29) is 42.0 Å². The lowest BCUT2D eigenvalue weighted by Crippen LogP contribution is -2.15. The third-order valence-corrected chi connectivity index (χ3v) is 6.66. The van der Waals surface area contributed by atoms with Crippen LogP contribution in [0, 0.1) is 10.1 Å². The number of methoxy groups -OCH3 is 1. The van der Waals surface area contributed by atoms with Crippen LogP contribution in [0.1, 0.15) is 29.6 Å². The summed E-state index contributed by atoms with van der Waals surface area (Å²) in [6.45, 7) is 0. The van der Waals surface area contributed by atoms with Gasteiger partial charge >= 0.3 is 5.69 Å². The average Bonchev–Trinajstić information content (AvgIpc) is 3.12. The Hall–Kier alpha value is -5.71. The summed E-state index contributed by atoms with van der Waals surface area (Å²) in [5.74, 6) is -0.615. The molecule has 3 amide bonds. The van der Waals surface area contributed by atoms with Crippen LogP contribution >= 0.6 is 0 Å². The summed E-state index contributed by atoms with van der Waals surface area (Å²) in [6.07, 6.45) is 0.747. The second-order valence-electron chi connectivity index (χ2n) is 9.56. The molecule has 1 aliphatic heterocycles. The van der Waals surface area contributed by atoms with Crippen LogP contribution in [0.4, 0.5) is 34.1 Å². The van der Waals surface area contributed by atoms with E-state index < -0.39 is 4.92 Å². The Morgan fingerprint density at radius 1 is 0.786 bits per heavy atom. The summed E-state index contributed by atoms with van der Waals surface area (Å²) >= 11 is 0. The molecular weight excluding hydrogens is 538 g/mol. The van der Waals surface area contributed by atoms with Crippen molar-refractivity contribution < 1.29 is 24.0 Å². The van der Waals surface area contributed by atoms with Crippen LogP contribution in [0.2, 0.25) is 0 Å². The maximum Gasteiger partial charge on any atom is 0.310 e. The molecule has 0 atom stereocenters. The number of fused-ring (bicyclic) bond motifs is 2. The number of nitrogens with one attached hydrogen (secondary N) is 4. The number of rotatable bonds is 9. The van der Waals surface area contributed by atoms with Gasteiger partial charge in [-0.2, -0.15) is 0 Å². The van der Waals surface area contributed by atoms with Gasteiger partial charge < -0.3 is 26.0 Å². The molecule has 42 heavy (non-hydrogen) atoms. The highest BCUT2D eigenvalue weighted by molar-refractivity contribution is 6.13. The predicted octanol–water partition coefficient (Wildman–Crippen LogP) is 6.33. The Kier molecular flexibility index (Phi) is 8.10. The van der Waals surface area contributed by atoms with E-state index in [4.69, 9.17) is 4.74 Å². The van der Waals surface area contributed by atoms with Crippen LogP contribution in [0.5, 0.6) is 5.75 Å². The first-order valence-electron chi connectivity index (χ1n) is 13.1. The van der Waals surface area contributed by atoms with Crippen molar-refractivity contribution in [2.45, 2.75) is 19.3 Å². The van der Waals surface area contributed by atoms with Crippen LogP contribution in [0.3, 0.4) is 0 Å². The van der Waals surface area contributed by atoms with Gasteiger partial charge in [-0.25, -0.2) is 0 Å². The van der Waals surface area contributed by atoms with Crippen molar-refractivity contribution in [3.63, 3.8) is 0 Å². The molecule has 0 radical (unpaired) electrons. The van der Waals surface area contributed by atoms with Gasteiger partial charge in [-0.1, -0.05) is 24.3 Å². The highest BCUT2D eigenvalue weighted by Gasteiger charge is 2.21. The lowest BCUT2D eigenvalue weighted by Gasteiger charge is -2.12. The lowest BCUT2D eigenvalue weighted by atomic mass is 10.0. The van der Waals surface area contributed by atoms with Crippen LogP contribution < -0.4 is 26.0 Å². The zero-order valence-corrected chi connectivity index (χ0v) is 22.6. The summed E-state index contributed by atoms with van der Waals surface area (Å²) in [5.41, 5.74) is 4.53. The number of hydrogen-bond donors (Lipinski definition) is 4. The Labute approximate surface area is 241 Å². The smallest absolute Gasteiger partial charge is 0.310 e. The van der Waals surface area contributed by atoms with Crippen molar-refractivity contribution in [1.29, 1.82) is 0 Å². The normalized spacial score (nSPS) is 11.6. The number of nitro benzene ring substituents is 1. The number of nitrogens with zero attached hydrogens (tertiary/aromatic N) is 1. The van der Waals surface area contributed by atoms with Crippen molar-refractivity contribution >= 4 is 51.8 Å². The van der Waals surface area contributed by atoms with Gasteiger partial charge in [0.2, 0.25) is 11.8 Å². The number of ether oxygens (including phenoxy) is 1. The fourth-order valence-corrected chi connectivity index (χ4v) is 4.58. The number of benzene rings is 4. The standard InChI is InChI=1S/C31H27N5O6/c1-42-28-17-20(11-15-27(28)36(40)41)19-10-13-23-25(16-19)34-24-14-12-22(18-26(24)35-31(23)39)33-30(38)9-5-8-29(37)32-21-6-3-2-4-7-21/h2-4,6-7,10-18,34H,5,8-9H2,1H3,(H,32,37)(H,33,38)(H,35,39). The Bertz CT molecular complexity index is 1690. The fourth-order valence-electron chi connectivity index (χ4n) is 4.58. The Balaban J connectivity index is 1.24. The summed E-state index contributed by atoms with van der Waals surface area (Å²) in [6, 6.07) is 24.0. The van der Waals surface area contributed by atoms with E-state index in [1.807, 2.05) is 18.2 Å². The van der Waals surface area contributed by atoms with Gasteiger partial charge in [0.05, 0.1) is 34.7 Å². The minimum absolute atomic E-state index is 0.133. The van der Waals surface area contributed by atoms with E-state index in [1.54, 1.807) is 60.7 Å². The highest BCUT2D eigenvalue weighted by Crippen LogP contribution is 2.38. The van der Waals surface area contributed by atoms with Crippen molar-refractivity contribution in [2.75, 3.05) is 28.4 Å². The van der Waals surface area contributed by atoms with E-state index in [0.29, 0.717) is 46.0 Å². The number of para-hydroxylation sites is 1. The summed E-state index contributed by atoms with van der Waals surface area (Å²) < 4.78 is 5.19. The topological polar surface area (TPSA) is 152 Å². The monoisotopic (exact) mass is 565 g/mol. The summed E-state index contributed by atoms with van der Waals surface area (Å²) in [4.78, 5) is 48.4. The molecule has 4 aromatic rings. The number of nitro groups is 1. The van der Waals surface area contributed by atoms with Gasteiger partial charge in [0, 0.05) is 30.3 Å². The second kappa shape index (κ2) is 12.2.